The molecular weight excluding hydrogens is 467 g/mol. The molecular formula is C26H29FN4O5. The van der Waals surface area contributed by atoms with E-state index in [-0.39, 0.29) is 25.2 Å². The van der Waals surface area contributed by atoms with Crippen molar-refractivity contribution >= 4 is 12.1 Å². The van der Waals surface area contributed by atoms with Crippen molar-refractivity contribution in [2.75, 3.05) is 0 Å². The highest BCUT2D eigenvalue weighted by atomic mass is 19.1. The Morgan fingerprint density at radius 1 is 1.25 bits per heavy atom. The van der Waals surface area contributed by atoms with Crippen molar-refractivity contribution in [3.8, 4) is 17.0 Å². The van der Waals surface area contributed by atoms with Crippen LogP contribution in [0.1, 0.15) is 42.6 Å². The highest BCUT2D eigenvalue weighted by Gasteiger charge is 2.28. The lowest BCUT2D eigenvalue weighted by molar-refractivity contribution is -0.143. The van der Waals surface area contributed by atoms with E-state index in [4.69, 9.17) is 9.47 Å². The zero-order chi connectivity index (χ0) is 25.7. The number of nitrogens with zero attached hydrogens (tertiary/aromatic N) is 3. The topological polar surface area (TPSA) is 116 Å². The van der Waals surface area contributed by atoms with Gasteiger partial charge in [0, 0.05) is 12.6 Å². The molecule has 0 bridgehead atoms. The zero-order valence-corrected chi connectivity index (χ0v) is 20.2. The van der Waals surface area contributed by atoms with Gasteiger partial charge in [-0.25, -0.2) is 14.2 Å². The molecule has 1 amide bonds. The third kappa shape index (κ3) is 6.18. The molecule has 0 aliphatic heterocycles. The number of hydrogen-bond acceptors (Lipinski definition) is 6. The standard InChI is InChI=1S/C26H29FN4O5/c1-16-24(36-20-8-4-6-18(12-20)25(32)33)10-9-22(30-16)21-13-29-31(2)23(21)14-28-26(34)35-15-17-5-3-7-19(27)11-17/h3,5,7,9-11,13,18,20H,4,6,8,12,14-15H2,1-2H3,(H,28,34)(H,32,33)/t18-,20-/m0/s1. The first kappa shape index (κ1) is 25.2. The Morgan fingerprint density at radius 3 is 2.83 bits per heavy atom. The van der Waals surface area contributed by atoms with Crippen molar-refractivity contribution in [3.63, 3.8) is 0 Å². The number of halogens is 1. The van der Waals surface area contributed by atoms with Gasteiger partial charge >= 0.3 is 12.1 Å². The molecule has 1 aliphatic carbocycles. The van der Waals surface area contributed by atoms with Gasteiger partial charge in [-0.05, 0) is 62.4 Å². The SMILES string of the molecule is Cc1nc(-c2cnn(C)c2CNC(=O)OCc2cccc(F)c2)ccc1O[C@H]1CCC[C@H](C(=O)O)C1. The molecule has 3 aromatic rings. The molecule has 1 saturated carbocycles. The maximum atomic E-state index is 13.3. The average Bonchev–Trinajstić information content (AvgIpc) is 3.23. The number of pyridine rings is 1. The summed E-state index contributed by atoms with van der Waals surface area (Å²) in [5.74, 6) is -0.913. The highest BCUT2D eigenvalue weighted by molar-refractivity contribution is 5.70. The predicted molar refractivity (Wildman–Crippen MR) is 129 cm³/mol. The zero-order valence-electron chi connectivity index (χ0n) is 20.2. The fourth-order valence-corrected chi connectivity index (χ4v) is 4.35. The largest absolute Gasteiger partial charge is 0.489 e. The van der Waals surface area contributed by atoms with Gasteiger partial charge in [0.2, 0.25) is 0 Å². The van der Waals surface area contributed by atoms with Gasteiger partial charge < -0.3 is 19.9 Å². The second kappa shape index (κ2) is 11.2. The molecule has 1 fully saturated rings. The lowest BCUT2D eigenvalue weighted by atomic mass is 9.87. The molecule has 1 aliphatic rings. The number of carboxylic acids is 1. The van der Waals surface area contributed by atoms with Gasteiger partial charge in [0.25, 0.3) is 0 Å². The second-order valence-electron chi connectivity index (χ2n) is 8.91. The Balaban J connectivity index is 1.38. The summed E-state index contributed by atoms with van der Waals surface area (Å²) in [4.78, 5) is 28.2. The molecule has 9 nitrogen and oxygen atoms in total. The van der Waals surface area contributed by atoms with E-state index in [0.717, 1.165) is 24.1 Å². The summed E-state index contributed by atoms with van der Waals surface area (Å²) < 4.78 is 26.2. The van der Waals surface area contributed by atoms with E-state index >= 15 is 0 Å². The van der Waals surface area contributed by atoms with Gasteiger partial charge in [-0.3, -0.25) is 9.48 Å². The van der Waals surface area contributed by atoms with E-state index in [1.165, 1.54) is 12.1 Å². The third-order valence-electron chi connectivity index (χ3n) is 6.30. The quantitative estimate of drug-likeness (QED) is 0.476. The fraction of sp³-hybridized carbons (Fsp3) is 0.385. The van der Waals surface area contributed by atoms with Crippen molar-refractivity contribution in [2.45, 2.75) is 51.9 Å². The van der Waals surface area contributed by atoms with E-state index in [9.17, 15) is 19.1 Å². The van der Waals surface area contributed by atoms with E-state index < -0.39 is 17.9 Å². The monoisotopic (exact) mass is 496 g/mol. The molecule has 2 atom stereocenters. The van der Waals surface area contributed by atoms with Crippen LogP contribution >= 0.6 is 0 Å². The van der Waals surface area contributed by atoms with Crippen LogP contribution in [0, 0.1) is 18.7 Å². The van der Waals surface area contributed by atoms with Gasteiger partial charge in [0.1, 0.15) is 18.2 Å². The van der Waals surface area contributed by atoms with E-state index in [1.54, 1.807) is 30.1 Å². The summed E-state index contributed by atoms with van der Waals surface area (Å²) in [6, 6.07) is 9.53. The third-order valence-corrected chi connectivity index (χ3v) is 6.30. The maximum absolute atomic E-state index is 13.3. The number of amides is 1. The Labute approximate surface area is 208 Å². The molecule has 2 heterocycles. The van der Waals surface area contributed by atoms with Crippen LogP contribution in [0.5, 0.6) is 5.75 Å². The molecule has 0 radical (unpaired) electrons. The summed E-state index contributed by atoms with van der Waals surface area (Å²) in [5.41, 5.74) is 3.39. The normalized spacial score (nSPS) is 17.4. The van der Waals surface area contributed by atoms with Crippen molar-refractivity contribution < 1.29 is 28.6 Å². The maximum Gasteiger partial charge on any atom is 0.407 e. The van der Waals surface area contributed by atoms with Crippen LogP contribution < -0.4 is 10.1 Å². The lowest BCUT2D eigenvalue weighted by Crippen LogP contribution is -2.29. The Bertz CT molecular complexity index is 1240. The number of carbonyl (C=O) groups is 2. The van der Waals surface area contributed by atoms with Crippen LogP contribution in [0.4, 0.5) is 9.18 Å². The number of hydrogen-bond donors (Lipinski definition) is 2. The van der Waals surface area contributed by atoms with Gasteiger partial charge in [-0.15, -0.1) is 0 Å². The van der Waals surface area contributed by atoms with Crippen LogP contribution in [-0.4, -0.2) is 38.0 Å². The minimum Gasteiger partial charge on any atom is -0.489 e. The molecule has 10 heteroatoms. The van der Waals surface area contributed by atoms with E-state index in [1.807, 2.05) is 19.1 Å². The number of alkyl carbamates (subject to hydrolysis) is 1. The first-order valence-electron chi connectivity index (χ1n) is 11.8. The average molecular weight is 497 g/mol. The molecule has 0 saturated heterocycles. The number of rotatable bonds is 8. The van der Waals surface area contributed by atoms with Crippen LogP contribution in [-0.2, 0) is 29.7 Å². The number of carboxylic acid groups (broad SMARTS) is 1. The molecule has 2 N–H and O–H groups in total. The first-order valence-corrected chi connectivity index (χ1v) is 11.8. The summed E-state index contributed by atoms with van der Waals surface area (Å²) >= 11 is 0. The second-order valence-corrected chi connectivity index (χ2v) is 8.91. The van der Waals surface area contributed by atoms with Crippen molar-refractivity contribution in [1.29, 1.82) is 0 Å². The van der Waals surface area contributed by atoms with Crippen LogP contribution in [0.2, 0.25) is 0 Å². The smallest absolute Gasteiger partial charge is 0.407 e. The Morgan fingerprint density at radius 2 is 2.08 bits per heavy atom. The van der Waals surface area contributed by atoms with Crippen molar-refractivity contribution in [2.24, 2.45) is 13.0 Å². The number of carbonyl (C=O) groups excluding carboxylic acids is 1. The molecule has 36 heavy (non-hydrogen) atoms. The molecule has 1 aromatic carbocycles. The Kier molecular flexibility index (Phi) is 7.82. The van der Waals surface area contributed by atoms with Crippen LogP contribution in [0.25, 0.3) is 11.3 Å². The van der Waals surface area contributed by atoms with Crippen LogP contribution in [0.3, 0.4) is 0 Å². The Hall–Kier alpha value is -3.95. The fourth-order valence-electron chi connectivity index (χ4n) is 4.35. The van der Waals surface area contributed by atoms with E-state index in [2.05, 4.69) is 15.4 Å². The summed E-state index contributed by atoms with van der Waals surface area (Å²) in [6.45, 7) is 1.96. The number of aliphatic carboxylic acids is 1. The van der Waals surface area contributed by atoms with Crippen LogP contribution in [0.15, 0.2) is 42.6 Å². The lowest BCUT2D eigenvalue weighted by Gasteiger charge is -2.27. The summed E-state index contributed by atoms with van der Waals surface area (Å²) in [5, 5.41) is 16.3. The van der Waals surface area contributed by atoms with E-state index in [0.29, 0.717) is 35.5 Å². The number of aromatic nitrogens is 3. The number of nitrogens with one attached hydrogen (secondary N) is 1. The highest BCUT2D eigenvalue weighted by Crippen LogP contribution is 2.31. The number of ether oxygens (including phenoxy) is 2. The molecule has 2 aromatic heterocycles. The van der Waals surface area contributed by atoms with Gasteiger partial charge in [0.15, 0.2) is 0 Å². The van der Waals surface area contributed by atoms with Crippen molar-refractivity contribution in [1.82, 2.24) is 20.1 Å². The number of aryl methyl sites for hydroxylation is 2. The first-order chi connectivity index (χ1) is 17.3. The minimum atomic E-state index is -0.774. The molecule has 4 rings (SSSR count). The molecule has 190 valence electrons. The molecule has 0 unspecified atom stereocenters. The predicted octanol–water partition coefficient (Wildman–Crippen LogP) is 4.38. The number of benzene rings is 1. The van der Waals surface area contributed by atoms with Gasteiger partial charge in [-0.2, -0.15) is 5.10 Å². The van der Waals surface area contributed by atoms with Gasteiger partial charge in [-0.1, -0.05) is 12.1 Å². The van der Waals surface area contributed by atoms with Crippen molar-refractivity contribution in [3.05, 3.63) is 65.4 Å². The summed E-state index contributed by atoms with van der Waals surface area (Å²) in [7, 11) is 1.77. The van der Waals surface area contributed by atoms with Gasteiger partial charge in [0.05, 0.1) is 41.8 Å². The molecule has 0 spiro atoms. The minimum absolute atomic E-state index is 0.0434. The summed E-state index contributed by atoms with van der Waals surface area (Å²) in [6.07, 6.45) is 3.71.